The summed E-state index contributed by atoms with van der Waals surface area (Å²) in [6.07, 6.45) is 9.84. The van der Waals surface area contributed by atoms with Gasteiger partial charge in [0.1, 0.15) is 0 Å². The zero-order valence-corrected chi connectivity index (χ0v) is 17.6. The van der Waals surface area contributed by atoms with Gasteiger partial charge in [-0.2, -0.15) is 0 Å². The molecule has 1 saturated carbocycles. The second-order valence-electron chi connectivity index (χ2n) is 6.60. The van der Waals surface area contributed by atoms with E-state index in [1.165, 1.54) is 0 Å². The molecule has 1 aromatic rings. The molecule has 0 spiro atoms. The Hall–Kier alpha value is -1.30. The number of nitrogens with zero attached hydrogens (tertiary/aromatic N) is 2. The number of pyridine rings is 1. The standard InChI is InChI=1S/C19H24N4OS.CH3.Ni/c1-13(2)15-11-21-7-6-17(15)23-8-9-25-18(12-23)19(24)22-10-14-4-3-5-16(14)20;;/h1,6-7,12,14,16H,3-5,8-10,20H2,2H3,(H,22,24);1H3;/q-2;-1;+3/t14-,16+;;/m0../s1. The minimum absolute atomic E-state index is 0. The monoisotopic (exact) mass is 429 g/mol. The van der Waals surface area contributed by atoms with Crippen LogP contribution in [-0.4, -0.2) is 35.8 Å². The Morgan fingerprint density at radius 3 is 2.96 bits per heavy atom. The minimum atomic E-state index is -0.0261. The molecule has 7 heteroatoms. The molecule has 2 heterocycles. The first kappa shape index (κ1) is 23.7. The summed E-state index contributed by atoms with van der Waals surface area (Å²) < 4.78 is 0. The Labute approximate surface area is 177 Å². The summed E-state index contributed by atoms with van der Waals surface area (Å²) in [6.45, 7) is 9.25. The van der Waals surface area contributed by atoms with Gasteiger partial charge in [0.15, 0.2) is 0 Å². The summed E-state index contributed by atoms with van der Waals surface area (Å²) in [4.78, 5) is 19.3. The largest absolute Gasteiger partial charge is 3.00 e. The Bertz CT molecular complexity index is 694. The SMILES string of the molecule is [CH-]=C(C)c1[c-]nccc1N1C=C(C(=O)NC[C@@H]2CCC[C@H]2N)SCC1.[CH3-].[Ni+3]. The average molecular weight is 430 g/mol. The molecule has 0 aromatic carbocycles. The first-order valence-electron chi connectivity index (χ1n) is 8.67. The van der Waals surface area contributed by atoms with Gasteiger partial charge in [0.05, 0.1) is 4.91 Å². The summed E-state index contributed by atoms with van der Waals surface area (Å²) in [5.41, 5.74) is 8.46. The number of rotatable bonds is 5. The fourth-order valence-electron chi connectivity index (χ4n) is 3.32. The summed E-state index contributed by atoms with van der Waals surface area (Å²) in [7, 11) is 0. The second-order valence-corrected chi connectivity index (χ2v) is 7.74. The summed E-state index contributed by atoms with van der Waals surface area (Å²) in [5, 5.41) is 3.05. The van der Waals surface area contributed by atoms with Gasteiger partial charge >= 0.3 is 16.5 Å². The quantitative estimate of drug-likeness (QED) is 0.556. The first-order valence-corrected chi connectivity index (χ1v) is 9.66. The summed E-state index contributed by atoms with van der Waals surface area (Å²) >= 11 is 1.58. The van der Waals surface area contributed by atoms with Crippen molar-refractivity contribution in [2.75, 3.05) is 23.7 Å². The van der Waals surface area contributed by atoms with Crippen LogP contribution in [0.5, 0.6) is 0 Å². The smallest absolute Gasteiger partial charge is 0.403 e. The number of allylic oxidation sites excluding steroid dienone is 1. The van der Waals surface area contributed by atoms with Gasteiger partial charge in [-0.15, -0.1) is 36.6 Å². The molecular formula is C20H27N4NiOS. The van der Waals surface area contributed by atoms with Crippen LogP contribution in [0.15, 0.2) is 23.4 Å². The van der Waals surface area contributed by atoms with Gasteiger partial charge in [-0.3, -0.25) is 10.4 Å². The van der Waals surface area contributed by atoms with Crippen molar-refractivity contribution in [1.29, 1.82) is 0 Å². The summed E-state index contributed by atoms with van der Waals surface area (Å²) in [5.74, 6) is 1.21. The molecule has 1 fully saturated rings. The number of hydrogen-bond donors (Lipinski definition) is 2. The van der Waals surface area contributed by atoms with Gasteiger partial charge in [0, 0.05) is 31.1 Å². The van der Waals surface area contributed by atoms with Crippen LogP contribution in [0.1, 0.15) is 31.7 Å². The molecule has 0 saturated heterocycles. The number of hydrogen-bond acceptors (Lipinski definition) is 5. The van der Waals surface area contributed by atoms with E-state index in [-0.39, 0.29) is 35.9 Å². The molecule has 5 nitrogen and oxygen atoms in total. The van der Waals surface area contributed by atoms with Crippen molar-refractivity contribution in [3.8, 4) is 0 Å². The minimum Gasteiger partial charge on any atom is -0.403 e. The van der Waals surface area contributed by atoms with E-state index in [1.807, 2.05) is 19.2 Å². The zero-order chi connectivity index (χ0) is 17.8. The number of aromatic nitrogens is 1. The van der Waals surface area contributed by atoms with Gasteiger partial charge in [-0.1, -0.05) is 12.6 Å². The van der Waals surface area contributed by atoms with Gasteiger partial charge in [0.25, 0.3) is 5.91 Å². The molecule has 2 atom stereocenters. The number of thioether (sulfide) groups is 1. The molecule has 27 heavy (non-hydrogen) atoms. The fraction of sp³-hybridized carbons (Fsp3) is 0.450. The van der Waals surface area contributed by atoms with Crippen molar-refractivity contribution in [1.82, 2.24) is 10.3 Å². The molecule has 0 unspecified atom stereocenters. The van der Waals surface area contributed by atoms with Crippen LogP contribution in [0.2, 0.25) is 0 Å². The number of anilines is 1. The van der Waals surface area contributed by atoms with Crippen LogP contribution >= 0.6 is 11.8 Å². The normalized spacial score (nSPS) is 21.6. The fourth-order valence-corrected chi connectivity index (χ4v) is 4.23. The van der Waals surface area contributed by atoms with Gasteiger partial charge < -0.3 is 40.5 Å². The third-order valence-electron chi connectivity index (χ3n) is 4.77. The zero-order valence-electron chi connectivity index (χ0n) is 15.8. The van der Waals surface area contributed by atoms with Crippen LogP contribution in [0.4, 0.5) is 5.69 Å². The Morgan fingerprint density at radius 2 is 2.30 bits per heavy atom. The molecule has 1 aromatic heterocycles. The van der Waals surface area contributed by atoms with Crippen LogP contribution < -0.4 is 16.0 Å². The predicted molar refractivity (Wildman–Crippen MR) is 109 cm³/mol. The topological polar surface area (TPSA) is 71.2 Å². The molecular weight excluding hydrogens is 403 g/mol. The Morgan fingerprint density at radius 1 is 1.52 bits per heavy atom. The number of amides is 1. The van der Waals surface area contributed by atoms with Crippen LogP contribution in [0, 0.1) is 26.1 Å². The van der Waals surface area contributed by atoms with Gasteiger partial charge in [0.2, 0.25) is 0 Å². The molecule has 1 aliphatic carbocycles. The average Bonchev–Trinajstić information content (AvgIpc) is 3.04. The van der Waals surface area contributed by atoms with E-state index >= 15 is 0 Å². The van der Waals surface area contributed by atoms with Crippen molar-refractivity contribution in [3.63, 3.8) is 0 Å². The molecule has 1 amide bonds. The maximum Gasteiger partial charge on any atom is 3.00 e. The Kier molecular flexibility index (Phi) is 9.57. The van der Waals surface area contributed by atoms with Gasteiger partial charge in [-0.05, 0) is 18.8 Å². The van der Waals surface area contributed by atoms with E-state index < -0.39 is 0 Å². The molecule has 1 aliphatic heterocycles. The second kappa shape index (κ2) is 10.9. The molecule has 3 N–H and O–H groups in total. The van der Waals surface area contributed by atoms with Crippen molar-refractivity contribution < 1.29 is 21.3 Å². The first-order chi connectivity index (χ1) is 12.1. The maximum atomic E-state index is 12.5. The molecule has 1 radical (unpaired) electrons. The number of nitrogens with one attached hydrogen (secondary N) is 1. The number of nitrogens with two attached hydrogens (primary N) is 1. The van der Waals surface area contributed by atoms with Crippen molar-refractivity contribution >= 4 is 28.9 Å². The molecule has 2 aliphatic rings. The van der Waals surface area contributed by atoms with Crippen molar-refractivity contribution in [2.24, 2.45) is 11.7 Å². The van der Waals surface area contributed by atoms with E-state index in [4.69, 9.17) is 12.3 Å². The Balaban J connectivity index is 0.00000182. The van der Waals surface area contributed by atoms with Crippen LogP contribution in [-0.2, 0) is 21.3 Å². The van der Waals surface area contributed by atoms with Crippen molar-refractivity contribution in [3.05, 3.63) is 49.1 Å². The maximum absolute atomic E-state index is 12.5. The molecule has 0 bridgehead atoms. The molecule has 149 valence electrons. The summed E-state index contributed by atoms with van der Waals surface area (Å²) in [6, 6.07) is 2.12. The van der Waals surface area contributed by atoms with Crippen molar-refractivity contribution in [2.45, 2.75) is 32.2 Å². The molecule has 3 rings (SSSR count). The van der Waals surface area contributed by atoms with E-state index in [9.17, 15) is 4.79 Å². The number of carbonyl (C=O) groups is 1. The van der Waals surface area contributed by atoms with E-state index in [0.717, 1.165) is 47.7 Å². The van der Waals surface area contributed by atoms with Crippen LogP contribution in [0.3, 0.4) is 0 Å². The van der Waals surface area contributed by atoms with E-state index in [1.54, 1.807) is 18.0 Å². The predicted octanol–water partition coefficient (Wildman–Crippen LogP) is 2.80. The third kappa shape index (κ3) is 5.84. The van der Waals surface area contributed by atoms with E-state index in [2.05, 4.69) is 21.4 Å². The van der Waals surface area contributed by atoms with Gasteiger partial charge in [-0.25, -0.2) is 0 Å². The van der Waals surface area contributed by atoms with Crippen LogP contribution in [0.25, 0.3) is 5.57 Å². The third-order valence-corrected chi connectivity index (χ3v) is 5.76. The number of carbonyl (C=O) groups excluding carboxylic acids is 1. The van der Waals surface area contributed by atoms with E-state index in [0.29, 0.717) is 18.0 Å².